The monoisotopic (exact) mass is 308 g/mol. The van der Waals surface area contributed by atoms with Gasteiger partial charge in [0.15, 0.2) is 0 Å². The van der Waals surface area contributed by atoms with Crippen LogP contribution in [0, 0.1) is 0 Å². The van der Waals surface area contributed by atoms with Crippen molar-refractivity contribution in [2.75, 3.05) is 11.9 Å². The summed E-state index contributed by atoms with van der Waals surface area (Å²) in [6.07, 6.45) is -3.81. The molecule has 21 heavy (non-hydrogen) atoms. The molecule has 0 fully saturated rings. The predicted molar refractivity (Wildman–Crippen MR) is 69.3 cm³/mol. The van der Waals surface area contributed by atoms with Gasteiger partial charge in [-0.15, -0.1) is 0 Å². The number of rotatable bonds is 5. The largest absolute Gasteiger partial charge is 0.478 e. The minimum atomic E-state index is -4.22. The van der Waals surface area contributed by atoms with E-state index in [1.165, 1.54) is 6.07 Å². The zero-order valence-electron chi connectivity index (χ0n) is 11.8. The molecule has 0 saturated heterocycles. The minimum absolute atomic E-state index is 0.155. The molecule has 1 aromatic rings. The first-order valence-electron chi connectivity index (χ1n) is 6.09. The number of carboxylic acids is 1. The summed E-state index contributed by atoms with van der Waals surface area (Å²) >= 11 is 0. The Labute approximate surface area is 119 Å². The smallest absolute Gasteiger partial charge is 0.335 e. The Kier molecular flexibility index (Phi) is 4.80. The van der Waals surface area contributed by atoms with E-state index in [0.29, 0.717) is 5.69 Å². The molecule has 0 aliphatic rings. The van der Waals surface area contributed by atoms with Crippen molar-refractivity contribution in [2.24, 2.45) is 0 Å². The van der Waals surface area contributed by atoms with E-state index in [1.807, 2.05) is 0 Å². The highest BCUT2D eigenvalue weighted by Gasteiger charge is 2.40. The van der Waals surface area contributed by atoms with E-state index in [0.717, 1.165) is 6.07 Å². The van der Waals surface area contributed by atoms with Gasteiger partial charge in [-0.1, -0.05) is 20.8 Å². The average Bonchev–Trinajstić information content (AvgIpc) is 2.34. The number of carbonyl (C=O) groups is 1. The van der Waals surface area contributed by atoms with Crippen LogP contribution in [0.3, 0.4) is 0 Å². The molecule has 0 amide bonds. The third kappa shape index (κ3) is 4.57. The first-order chi connectivity index (χ1) is 9.43. The van der Waals surface area contributed by atoms with E-state index in [1.54, 1.807) is 20.8 Å². The van der Waals surface area contributed by atoms with Gasteiger partial charge in [-0.25, -0.2) is 18.6 Å². The zero-order valence-corrected chi connectivity index (χ0v) is 11.8. The summed E-state index contributed by atoms with van der Waals surface area (Å²) < 4.78 is 49.9. The molecule has 1 rings (SSSR count). The molecule has 0 aliphatic carbocycles. The van der Waals surface area contributed by atoms with E-state index in [9.17, 15) is 22.4 Å². The molecule has 4 nitrogen and oxygen atoms in total. The van der Waals surface area contributed by atoms with Crippen LogP contribution in [0.1, 0.15) is 36.8 Å². The standard InChI is InChI=1S/C13H16F4N2O2/c1-12(2,3)8-4-7(10(20)21)5-9(19-8)18-6-13(16,17)11(14)15/h4-5,11H,6H2,1-3H3,(H,18,19)(H,20,21). The van der Waals surface area contributed by atoms with Crippen LogP contribution in [0.5, 0.6) is 0 Å². The fourth-order valence-corrected chi connectivity index (χ4v) is 1.41. The second kappa shape index (κ2) is 5.87. The molecule has 0 aliphatic heterocycles. The quantitative estimate of drug-likeness (QED) is 0.819. The summed E-state index contributed by atoms with van der Waals surface area (Å²) in [4.78, 5) is 15.0. The number of hydrogen-bond donors (Lipinski definition) is 2. The number of pyridine rings is 1. The lowest BCUT2D eigenvalue weighted by Gasteiger charge is -2.21. The summed E-state index contributed by atoms with van der Waals surface area (Å²) in [7, 11) is 0. The maximum atomic E-state index is 12.9. The number of hydrogen-bond acceptors (Lipinski definition) is 3. The van der Waals surface area contributed by atoms with Crippen LogP contribution in [-0.2, 0) is 5.41 Å². The van der Waals surface area contributed by atoms with Gasteiger partial charge in [-0.3, -0.25) is 0 Å². The molecule has 8 heteroatoms. The van der Waals surface area contributed by atoms with Crippen molar-refractivity contribution in [1.82, 2.24) is 4.98 Å². The number of halogens is 4. The van der Waals surface area contributed by atoms with Crippen LogP contribution >= 0.6 is 0 Å². The summed E-state index contributed by atoms with van der Waals surface area (Å²) in [6, 6.07) is 2.35. The normalized spacial score (nSPS) is 12.6. The van der Waals surface area contributed by atoms with Crippen molar-refractivity contribution in [1.29, 1.82) is 0 Å². The lowest BCUT2D eigenvalue weighted by atomic mass is 9.91. The summed E-state index contributed by atoms with van der Waals surface area (Å²) in [5, 5.41) is 11.1. The average molecular weight is 308 g/mol. The Hall–Kier alpha value is -1.86. The highest BCUT2D eigenvalue weighted by atomic mass is 19.3. The van der Waals surface area contributed by atoms with Gasteiger partial charge in [0.05, 0.1) is 12.1 Å². The lowest BCUT2D eigenvalue weighted by Crippen LogP contribution is -2.35. The molecule has 1 heterocycles. The zero-order chi connectivity index (χ0) is 16.4. The first kappa shape index (κ1) is 17.2. The molecule has 0 bridgehead atoms. The van der Waals surface area contributed by atoms with Gasteiger partial charge >= 0.3 is 18.3 Å². The number of aromatic nitrogens is 1. The van der Waals surface area contributed by atoms with Gasteiger partial charge in [-0.05, 0) is 12.1 Å². The highest BCUT2D eigenvalue weighted by Crippen LogP contribution is 2.26. The van der Waals surface area contributed by atoms with Gasteiger partial charge in [0.25, 0.3) is 0 Å². The van der Waals surface area contributed by atoms with E-state index >= 15 is 0 Å². The van der Waals surface area contributed by atoms with Crippen LogP contribution in [0.4, 0.5) is 23.4 Å². The summed E-state index contributed by atoms with van der Waals surface area (Å²) in [6.45, 7) is 3.96. The second-order valence-electron chi connectivity index (χ2n) is 5.60. The fourth-order valence-electron chi connectivity index (χ4n) is 1.41. The molecule has 0 atom stereocenters. The van der Waals surface area contributed by atoms with Crippen molar-refractivity contribution in [3.8, 4) is 0 Å². The lowest BCUT2D eigenvalue weighted by molar-refractivity contribution is -0.117. The predicted octanol–water partition coefficient (Wildman–Crippen LogP) is 3.39. The van der Waals surface area contributed by atoms with E-state index in [4.69, 9.17) is 5.11 Å². The Balaban J connectivity index is 3.07. The van der Waals surface area contributed by atoms with Crippen molar-refractivity contribution < 1.29 is 27.5 Å². The maximum Gasteiger partial charge on any atom is 0.335 e. The molecule has 0 aromatic carbocycles. The number of alkyl halides is 4. The van der Waals surface area contributed by atoms with Gasteiger partial charge in [0.2, 0.25) is 0 Å². The van der Waals surface area contributed by atoms with Crippen molar-refractivity contribution in [3.63, 3.8) is 0 Å². The Morgan fingerprint density at radius 3 is 2.33 bits per heavy atom. The SMILES string of the molecule is CC(C)(C)c1cc(C(=O)O)cc(NCC(F)(F)C(F)F)n1. The third-order valence-electron chi connectivity index (χ3n) is 2.67. The molecule has 0 unspecified atom stereocenters. The second-order valence-corrected chi connectivity index (χ2v) is 5.60. The maximum absolute atomic E-state index is 12.9. The number of carboxylic acid groups (broad SMARTS) is 1. The Morgan fingerprint density at radius 1 is 1.33 bits per heavy atom. The molecular weight excluding hydrogens is 292 g/mol. The van der Waals surface area contributed by atoms with E-state index in [2.05, 4.69) is 10.3 Å². The number of nitrogens with zero attached hydrogens (tertiary/aromatic N) is 1. The molecule has 0 spiro atoms. The molecule has 118 valence electrons. The highest BCUT2D eigenvalue weighted by molar-refractivity contribution is 5.88. The van der Waals surface area contributed by atoms with Crippen LogP contribution < -0.4 is 5.32 Å². The molecule has 1 aromatic heterocycles. The van der Waals surface area contributed by atoms with Gasteiger partial charge in [0.1, 0.15) is 5.82 Å². The van der Waals surface area contributed by atoms with Crippen LogP contribution in [0.15, 0.2) is 12.1 Å². The van der Waals surface area contributed by atoms with Crippen molar-refractivity contribution >= 4 is 11.8 Å². The van der Waals surface area contributed by atoms with Gasteiger partial charge in [0, 0.05) is 11.1 Å². The minimum Gasteiger partial charge on any atom is -0.478 e. The van der Waals surface area contributed by atoms with Gasteiger partial charge < -0.3 is 10.4 Å². The topological polar surface area (TPSA) is 62.2 Å². The molecule has 0 radical (unpaired) electrons. The van der Waals surface area contributed by atoms with Crippen molar-refractivity contribution in [3.05, 3.63) is 23.4 Å². The Morgan fingerprint density at radius 2 is 1.90 bits per heavy atom. The van der Waals surface area contributed by atoms with E-state index < -0.39 is 30.3 Å². The molecular formula is C13H16F4N2O2. The fraction of sp³-hybridized carbons (Fsp3) is 0.538. The Bertz CT molecular complexity index is 527. The number of nitrogens with one attached hydrogen (secondary N) is 1. The van der Waals surface area contributed by atoms with Crippen LogP contribution in [0.25, 0.3) is 0 Å². The van der Waals surface area contributed by atoms with Crippen LogP contribution in [-0.4, -0.2) is 35.0 Å². The molecule has 0 saturated carbocycles. The first-order valence-corrected chi connectivity index (χ1v) is 6.09. The van der Waals surface area contributed by atoms with Crippen molar-refractivity contribution in [2.45, 2.75) is 38.5 Å². The van der Waals surface area contributed by atoms with Crippen LogP contribution in [0.2, 0.25) is 0 Å². The number of aromatic carboxylic acids is 1. The summed E-state index contributed by atoms with van der Waals surface area (Å²) in [5.74, 6) is -5.66. The van der Waals surface area contributed by atoms with E-state index in [-0.39, 0.29) is 11.4 Å². The third-order valence-corrected chi connectivity index (χ3v) is 2.67. The van der Waals surface area contributed by atoms with Gasteiger partial charge in [-0.2, -0.15) is 8.78 Å². The number of anilines is 1. The molecule has 2 N–H and O–H groups in total. The summed E-state index contributed by atoms with van der Waals surface area (Å²) in [5.41, 5.74) is -0.323.